The summed E-state index contributed by atoms with van der Waals surface area (Å²) in [6.07, 6.45) is 1.58. The summed E-state index contributed by atoms with van der Waals surface area (Å²) >= 11 is 0. The molecule has 0 atom stereocenters. The number of nitro groups is 1. The van der Waals surface area contributed by atoms with Crippen LogP contribution >= 0.6 is 0 Å². The summed E-state index contributed by atoms with van der Waals surface area (Å²) in [7, 11) is 1.62. The van der Waals surface area contributed by atoms with Crippen molar-refractivity contribution in [2.45, 2.75) is 0 Å². The third-order valence-electron chi connectivity index (χ3n) is 4.30. The van der Waals surface area contributed by atoms with Crippen LogP contribution in [0.5, 0.6) is 0 Å². The Bertz CT molecular complexity index is 806. The fourth-order valence-corrected chi connectivity index (χ4v) is 2.94. The Morgan fingerprint density at radius 3 is 2.67 bits per heavy atom. The van der Waals surface area contributed by atoms with E-state index in [4.69, 9.17) is 4.74 Å². The number of aromatic nitrogens is 1. The van der Waals surface area contributed by atoms with Gasteiger partial charge in [0.25, 0.3) is 5.91 Å². The normalized spacial score (nSPS) is 13.9. The van der Waals surface area contributed by atoms with Gasteiger partial charge in [-0.25, -0.2) is 9.88 Å². The highest BCUT2D eigenvalue weighted by molar-refractivity contribution is 5.94. The first kappa shape index (κ1) is 18.6. The fourth-order valence-electron chi connectivity index (χ4n) is 2.94. The van der Waals surface area contributed by atoms with Crippen molar-refractivity contribution >= 4 is 28.8 Å². The van der Waals surface area contributed by atoms with Gasteiger partial charge >= 0.3 is 11.5 Å². The van der Waals surface area contributed by atoms with Gasteiger partial charge in [-0.15, -0.1) is 0 Å². The van der Waals surface area contributed by atoms with E-state index in [9.17, 15) is 14.9 Å². The summed E-state index contributed by atoms with van der Waals surface area (Å²) in [4.78, 5) is 29.5. The molecule has 27 heavy (non-hydrogen) atoms. The van der Waals surface area contributed by atoms with Gasteiger partial charge in [-0.05, 0) is 30.3 Å². The second-order valence-electron chi connectivity index (χ2n) is 6.21. The van der Waals surface area contributed by atoms with Gasteiger partial charge in [-0.1, -0.05) is 0 Å². The van der Waals surface area contributed by atoms with Crippen molar-refractivity contribution in [3.8, 4) is 0 Å². The number of carbonyl (C=O) groups is 1. The number of ether oxygens (including phenoxy) is 1. The number of carbonyl (C=O) groups excluding carboxylic acids is 1. The number of anilines is 3. The average molecular weight is 372 g/mol. The molecule has 1 saturated heterocycles. The van der Waals surface area contributed by atoms with Crippen molar-refractivity contribution in [2.75, 3.05) is 55.0 Å². The van der Waals surface area contributed by atoms with Crippen LogP contribution in [0.4, 0.5) is 22.9 Å². The van der Waals surface area contributed by atoms with Gasteiger partial charge in [0, 0.05) is 30.5 Å². The van der Waals surface area contributed by atoms with E-state index >= 15 is 0 Å². The molecule has 1 aliphatic rings. The number of hydrogen-bond donors (Lipinski definition) is 1. The third-order valence-corrected chi connectivity index (χ3v) is 4.30. The number of rotatable bonds is 6. The van der Waals surface area contributed by atoms with Gasteiger partial charge < -0.3 is 15.0 Å². The maximum atomic E-state index is 12.3. The largest absolute Gasteiger partial charge is 0.378 e. The van der Waals surface area contributed by atoms with Crippen LogP contribution in [0.2, 0.25) is 0 Å². The van der Waals surface area contributed by atoms with Crippen LogP contribution in [0.3, 0.4) is 0 Å². The van der Waals surface area contributed by atoms with Gasteiger partial charge in [-0.2, -0.15) is 0 Å². The lowest BCUT2D eigenvalue weighted by Gasteiger charge is -2.28. The summed E-state index contributed by atoms with van der Waals surface area (Å²) in [5.74, 6) is 0.0171. The van der Waals surface area contributed by atoms with Crippen molar-refractivity contribution in [1.29, 1.82) is 0 Å². The highest BCUT2D eigenvalue weighted by Crippen LogP contribution is 2.21. The summed E-state index contributed by atoms with van der Waals surface area (Å²) in [6.45, 7) is 3.11. The molecule has 9 heteroatoms. The minimum absolute atomic E-state index is 0.0213. The Morgan fingerprint density at radius 1 is 1.30 bits per heavy atom. The highest BCUT2D eigenvalue weighted by Gasteiger charge is 2.26. The van der Waals surface area contributed by atoms with E-state index in [-0.39, 0.29) is 24.0 Å². The molecule has 9 nitrogen and oxygen atoms in total. The Labute approximate surface area is 156 Å². The number of H-pyrrole nitrogens is 1. The quantitative estimate of drug-likeness (QED) is 0.606. The van der Waals surface area contributed by atoms with Gasteiger partial charge in [0.05, 0.1) is 31.4 Å². The zero-order chi connectivity index (χ0) is 19.2. The molecular formula is C18H22N5O4+. The zero-order valence-corrected chi connectivity index (χ0v) is 15.1. The molecule has 0 spiro atoms. The smallest absolute Gasteiger partial charge is 0.357 e. The maximum absolute atomic E-state index is 12.3. The molecule has 3 rings (SSSR count). The van der Waals surface area contributed by atoms with Crippen LogP contribution in [-0.2, 0) is 9.53 Å². The van der Waals surface area contributed by atoms with Crippen LogP contribution in [-0.4, -0.2) is 50.7 Å². The van der Waals surface area contributed by atoms with Crippen molar-refractivity contribution in [2.24, 2.45) is 0 Å². The molecule has 1 aromatic carbocycles. The standard InChI is InChI=1S/C18H21N5O4/c1-21(18-16(23(25)26)3-2-8-19-18)13-17(24)20-14-4-6-15(7-5-14)22-9-11-27-12-10-22/h2-8H,9-13H2,1H3,(H,20,24)/p+1. The molecule has 2 heterocycles. The molecule has 2 aromatic rings. The molecule has 1 aromatic heterocycles. The Morgan fingerprint density at radius 2 is 2.00 bits per heavy atom. The van der Waals surface area contributed by atoms with Crippen molar-refractivity contribution in [3.05, 3.63) is 52.7 Å². The first-order valence-corrected chi connectivity index (χ1v) is 8.63. The lowest BCUT2D eigenvalue weighted by Crippen LogP contribution is -2.36. The molecule has 0 aliphatic carbocycles. The molecule has 1 aliphatic heterocycles. The number of pyridine rings is 1. The van der Waals surface area contributed by atoms with E-state index in [1.165, 1.54) is 11.0 Å². The lowest BCUT2D eigenvalue weighted by molar-refractivity contribution is -0.411. The highest BCUT2D eigenvalue weighted by atomic mass is 16.6. The zero-order valence-electron chi connectivity index (χ0n) is 15.1. The first-order chi connectivity index (χ1) is 13.0. The van der Waals surface area contributed by atoms with E-state index < -0.39 is 4.92 Å². The van der Waals surface area contributed by atoms with E-state index in [2.05, 4.69) is 15.2 Å². The number of nitrogens with zero attached hydrogens (tertiary/aromatic N) is 3. The van der Waals surface area contributed by atoms with Crippen molar-refractivity contribution < 1.29 is 19.4 Å². The SMILES string of the molecule is CN(CC(=O)Nc1ccc(N2CCOCC2)cc1)c1[nH+]cccc1[N+](=O)[O-]. The van der Waals surface area contributed by atoms with Gasteiger partial charge in [-0.3, -0.25) is 14.9 Å². The number of aromatic amines is 1. The van der Waals surface area contributed by atoms with Crippen LogP contribution in [0.1, 0.15) is 0 Å². The maximum Gasteiger partial charge on any atom is 0.357 e. The Hall–Kier alpha value is -3.20. The second-order valence-corrected chi connectivity index (χ2v) is 6.21. The minimum Gasteiger partial charge on any atom is -0.378 e. The predicted molar refractivity (Wildman–Crippen MR) is 101 cm³/mol. The van der Waals surface area contributed by atoms with Crippen molar-refractivity contribution in [1.82, 2.24) is 0 Å². The molecule has 2 N–H and O–H groups in total. The lowest BCUT2D eigenvalue weighted by atomic mass is 10.2. The summed E-state index contributed by atoms with van der Waals surface area (Å²) in [5.41, 5.74) is 1.68. The molecular weight excluding hydrogens is 350 g/mol. The van der Waals surface area contributed by atoms with Gasteiger partial charge in [0.2, 0.25) is 0 Å². The number of likely N-dealkylation sites (N-methyl/N-ethyl adjacent to an activating group) is 1. The van der Waals surface area contributed by atoms with E-state index in [1.54, 1.807) is 19.3 Å². The summed E-state index contributed by atoms with van der Waals surface area (Å²) in [6, 6.07) is 10.6. The molecule has 142 valence electrons. The third kappa shape index (κ3) is 4.70. The summed E-state index contributed by atoms with van der Waals surface area (Å²) in [5, 5.41) is 13.9. The Kier molecular flexibility index (Phi) is 5.82. The minimum atomic E-state index is -0.482. The average Bonchev–Trinajstić information content (AvgIpc) is 2.69. The Balaban J connectivity index is 1.60. The number of hydrogen-bond acceptors (Lipinski definition) is 6. The predicted octanol–water partition coefficient (Wildman–Crippen LogP) is 1.32. The van der Waals surface area contributed by atoms with Gasteiger partial charge in [0.1, 0.15) is 0 Å². The monoisotopic (exact) mass is 372 g/mol. The van der Waals surface area contributed by atoms with E-state index in [0.717, 1.165) is 18.8 Å². The van der Waals surface area contributed by atoms with E-state index in [0.29, 0.717) is 18.9 Å². The first-order valence-electron chi connectivity index (χ1n) is 8.63. The number of morpholine rings is 1. The molecule has 1 amide bonds. The topological polar surface area (TPSA) is 102 Å². The number of nitrogens with one attached hydrogen (secondary N) is 2. The molecule has 0 radical (unpaired) electrons. The van der Waals surface area contributed by atoms with Crippen LogP contribution < -0.4 is 20.1 Å². The molecule has 0 bridgehead atoms. The second kappa shape index (κ2) is 8.45. The number of benzene rings is 1. The van der Waals surface area contributed by atoms with Gasteiger partial charge in [0.15, 0.2) is 6.54 Å². The fraction of sp³-hybridized carbons (Fsp3) is 0.333. The van der Waals surface area contributed by atoms with E-state index in [1.807, 2.05) is 24.3 Å². The molecule has 1 fully saturated rings. The van der Waals surface area contributed by atoms with Crippen LogP contribution in [0.15, 0.2) is 42.6 Å². The van der Waals surface area contributed by atoms with Crippen molar-refractivity contribution in [3.63, 3.8) is 0 Å². The summed E-state index contributed by atoms with van der Waals surface area (Å²) < 4.78 is 5.35. The number of amides is 1. The molecule has 0 saturated carbocycles. The van der Waals surface area contributed by atoms with Crippen LogP contribution in [0, 0.1) is 10.1 Å². The van der Waals surface area contributed by atoms with Crippen LogP contribution in [0.25, 0.3) is 0 Å². The molecule has 0 unspecified atom stereocenters.